The Morgan fingerprint density at radius 1 is 1.64 bits per heavy atom. The molecule has 82 valence electrons. The van der Waals surface area contributed by atoms with E-state index in [2.05, 4.69) is 13.5 Å². The fourth-order valence-electron chi connectivity index (χ4n) is 1.85. The van der Waals surface area contributed by atoms with Gasteiger partial charge in [-0.2, -0.15) is 0 Å². The lowest BCUT2D eigenvalue weighted by Gasteiger charge is -2.35. The van der Waals surface area contributed by atoms with E-state index in [0.717, 1.165) is 12.8 Å². The number of methoxy groups -OCH3 is 1. The molecule has 3 heteroatoms. The molecule has 4 atom stereocenters. The molecule has 0 aromatic heterocycles. The van der Waals surface area contributed by atoms with Crippen LogP contribution in [0.3, 0.4) is 0 Å². The van der Waals surface area contributed by atoms with E-state index in [0.29, 0.717) is 12.3 Å². The molecule has 0 bridgehead atoms. The monoisotopic (exact) mass is 200 g/mol. The Hall–Kier alpha value is -0.380. The van der Waals surface area contributed by atoms with Crippen molar-refractivity contribution in [3.63, 3.8) is 0 Å². The Morgan fingerprint density at radius 3 is 2.93 bits per heavy atom. The van der Waals surface area contributed by atoms with E-state index in [4.69, 9.17) is 9.47 Å². The van der Waals surface area contributed by atoms with E-state index < -0.39 is 6.10 Å². The van der Waals surface area contributed by atoms with Crippen LogP contribution in [0.4, 0.5) is 0 Å². The third-order valence-electron chi connectivity index (χ3n) is 2.66. The molecule has 3 nitrogen and oxygen atoms in total. The number of hydrogen-bond donors (Lipinski definition) is 1. The number of rotatable bonds is 4. The molecule has 0 spiro atoms. The van der Waals surface area contributed by atoms with Crippen LogP contribution in [0, 0.1) is 5.92 Å². The van der Waals surface area contributed by atoms with Crippen molar-refractivity contribution in [2.45, 2.75) is 44.7 Å². The maximum absolute atomic E-state index is 9.75. The largest absolute Gasteiger partial charge is 0.390 e. The molecule has 0 aromatic carbocycles. The van der Waals surface area contributed by atoms with Crippen molar-refractivity contribution in [2.75, 3.05) is 7.11 Å². The summed E-state index contributed by atoms with van der Waals surface area (Å²) in [7, 11) is 1.64. The SMILES string of the molecule is C=CC[C@H](O)[C@@H]1CC(C)C[C@@H](OC)O1. The molecule has 1 heterocycles. The Kier molecular flexibility index (Phi) is 4.58. The van der Waals surface area contributed by atoms with Gasteiger partial charge < -0.3 is 14.6 Å². The predicted molar refractivity (Wildman–Crippen MR) is 54.9 cm³/mol. The average Bonchev–Trinajstić information content (AvgIpc) is 2.17. The van der Waals surface area contributed by atoms with Gasteiger partial charge in [-0.3, -0.25) is 0 Å². The standard InChI is InChI=1S/C11H20O3/c1-4-5-9(12)10-6-8(2)7-11(13-3)14-10/h4,8-12H,1,5-7H2,2-3H3/t8?,9-,10-,11-/m0/s1. The molecule has 0 saturated carbocycles. The average molecular weight is 200 g/mol. The molecule has 14 heavy (non-hydrogen) atoms. The van der Waals surface area contributed by atoms with Crippen LogP contribution in [0.1, 0.15) is 26.2 Å². The van der Waals surface area contributed by atoms with Crippen LogP contribution in [0.5, 0.6) is 0 Å². The lowest BCUT2D eigenvalue weighted by Crippen LogP contribution is -2.40. The number of ether oxygens (including phenoxy) is 2. The third kappa shape index (κ3) is 3.08. The number of aliphatic hydroxyl groups excluding tert-OH is 1. The van der Waals surface area contributed by atoms with Crippen LogP contribution in [0.25, 0.3) is 0 Å². The van der Waals surface area contributed by atoms with Gasteiger partial charge in [0.05, 0.1) is 12.2 Å². The summed E-state index contributed by atoms with van der Waals surface area (Å²) in [5.74, 6) is 0.540. The first kappa shape index (κ1) is 11.7. The minimum atomic E-state index is -0.451. The van der Waals surface area contributed by atoms with E-state index in [-0.39, 0.29) is 12.4 Å². The molecule has 1 N–H and O–H groups in total. The zero-order valence-corrected chi connectivity index (χ0v) is 8.98. The highest BCUT2D eigenvalue weighted by Gasteiger charge is 2.30. The highest BCUT2D eigenvalue weighted by atomic mass is 16.7. The molecule has 0 aliphatic carbocycles. The molecule has 0 amide bonds. The highest BCUT2D eigenvalue weighted by Crippen LogP contribution is 2.27. The van der Waals surface area contributed by atoms with Crippen molar-refractivity contribution in [2.24, 2.45) is 5.92 Å². The van der Waals surface area contributed by atoms with Crippen LogP contribution >= 0.6 is 0 Å². The summed E-state index contributed by atoms with van der Waals surface area (Å²) in [5, 5.41) is 9.75. The first-order valence-corrected chi connectivity index (χ1v) is 5.14. The van der Waals surface area contributed by atoms with Gasteiger partial charge in [0.15, 0.2) is 6.29 Å². The Morgan fingerprint density at radius 2 is 2.36 bits per heavy atom. The Balaban J connectivity index is 2.47. The van der Waals surface area contributed by atoms with Crippen LogP contribution in [0.15, 0.2) is 12.7 Å². The maximum Gasteiger partial charge on any atom is 0.157 e. The molecule has 1 saturated heterocycles. The first-order chi connectivity index (χ1) is 6.67. The maximum atomic E-state index is 9.75. The van der Waals surface area contributed by atoms with Crippen molar-refractivity contribution >= 4 is 0 Å². The molecular weight excluding hydrogens is 180 g/mol. The quantitative estimate of drug-likeness (QED) is 0.702. The van der Waals surface area contributed by atoms with Crippen molar-refractivity contribution < 1.29 is 14.6 Å². The molecule has 1 aliphatic heterocycles. The van der Waals surface area contributed by atoms with Crippen LogP contribution in [-0.4, -0.2) is 30.7 Å². The Labute approximate surface area is 85.7 Å². The lowest BCUT2D eigenvalue weighted by atomic mass is 9.93. The molecular formula is C11H20O3. The van der Waals surface area contributed by atoms with Gasteiger partial charge in [-0.05, 0) is 18.8 Å². The van der Waals surface area contributed by atoms with Crippen molar-refractivity contribution in [3.8, 4) is 0 Å². The van der Waals surface area contributed by atoms with E-state index in [9.17, 15) is 5.11 Å². The minimum absolute atomic E-state index is 0.110. The van der Waals surface area contributed by atoms with Crippen LogP contribution < -0.4 is 0 Å². The van der Waals surface area contributed by atoms with Crippen molar-refractivity contribution in [1.29, 1.82) is 0 Å². The molecule has 1 aliphatic rings. The van der Waals surface area contributed by atoms with Gasteiger partial charge in [0.2, 0.25) is 0 Å². The van der Waals surface area contributed by atoms with Gasteiger partial charge >= 0.3 is 0 Å². The second-order valence-corrected chi connectivity index (χ2v) is 4.01. The van der Waals surface area contributed by atoms with Gasteiger partial charge in [0, 0.05) is 13.5 Å². The van der Waals surface area contributed by atoms with Crippen molar-refractivity contribution in [3.05, 3.63) is 12.7 Å². The van der Waals surface area contributed by atoms with Crippen LogP contribution in [0.2, 0.25) is 0 Å². The summed E-state index contributed by atoms with van der Waals surface area (Å²) < 4.78 is 10.8. The van der Waals surface area contributed by atoms with Gasteiger partial charge in [-0.25, -0.2) is 0 Å². The van der Waals surface area contributed by atoms with Gasteiger partial charge in [0.25, 0.3) is 0 Å². The van der Waals surface area contributed by atoms with Gasteiger partial charge in [-0.1, -0.05) is 13.0 Å². The Bertz CT molecular complexity index is 181. The highest BCUT2D eigenvalue weighted by molar-refractivity contribution is 4.82. The van der Waals surface area contributed by atoms with Crippen LogP contribution in [-0.2, 0) is 9.47 Å². The van der Waals surface area contributed by atoms with E-state index >= 15 is 0 Å². The second kappa shape index (κ2) is 5.49. The lowest BCUT2D eigenvalue weighted by molar-refractivity contribution is -0.213. The third-order valence-corrected chi connectivity index (χ3v) is 2.66. The molecule has 0 radical (unpaired) electrons. The second-order valence-electron chi connectivity index (χ2n) is 4.01. The summed E-state index contributed by atoms with van der Waals surface area (Å²) >= 11 is 0. The predicted octanol–water partition coefficient (Wildman–Crippen LogP) is 1.71. The summed E-state index contributed by atoms with van der Waals surface area (Å²) in [5.41, 5.74) is 0. The fourth-order valence-corrected chi connectivity index (χ4v) is 1.85. The summed E-state index contributed by atoms with van der Waals surface area (Å²) in [6.07, 6.45) is 3.38. The fraction of sp³-hybridized carbons (Fsp3) is 0.818. The minimum Gasteiger partial charge on any atom is -0.390 e. The summed E-state index contributed by atoms with van der Waals surface area (Å²) in [6.45, 7) is 5.76. The zero-order chi connectivity index (χ0) is 10.6. The smallest absolute Gasteiger partial charge is 0.157 e. The van der Waals surface area contributed by atoms with E-state index in [1.807, 2.05) is 0 Å². The summed E-state index contributed by atoms with van der Waals surface area (Å²) in [4.78, 5) is 0. The first-order valence-electron chi connectivity index (χ1n) is 5.14. The normalized spacial score (nSPS) is 35.2. The molecule has 1 rings (SSSR count). The molecule has 0 aromatic rings. The zero-order valence-electron chi connectivity index (χ0n) is 8.98. The van der Waals surface area contributed by atoms with E-state index in [1.54, 1.807) is 13.2 Å². The van der Waals surface area contributed by atoms with Crippen molar-refractivity contribution in [1.82, 2.24) is 0 Å². The number of aliphatic hydroxyl groups is 1. The van der Waals surface area contributed by atoms with Gasteiger partial charge in [0.1, 0.15) is 0 Å². The topological polar surface area (TPSA) is 38.7 Å². The van der Waals surface area contributed by atoms with Gasteiger partial charge in [-0.15, -0.1) is 6.58 Å². The molecule has 1 fully saturated rings. The summed E-state index contributed by atoms with van der Waals surface area (Å²) in [6, 6.07) is 0. The van der Waals surface area contributed by atoms with E-state index in [1.165, 1.54) is 0 Å². The number of hydrogen-bond acceptors (Lipinski definition) is 3. The molecule has 1 unspecified atom stereocenters.